The zero-order valence-electron chi connectivity index (χ0n) is 6.68. The van der Waals surface area contributed by atoms with Crippen LogP contribution in [-0.4, -0.2) is 6.54 Å². The van der Waals surface area contributed by atoms with E-state index in [1.807, 2.05) is 0 Å². The Morgan fingerprint density at radius 2 is 2.33 bits per heavy atom. The van der Waals surface area contributed by atoms with E-state index >= 15 is 0 Å². The average molecular weight is 224 g/mol. The van der Waals surface area contributed by atoms with Gasteiger partial charge in [0.1, 0.15) is 0 Å². The van der Waals surface area contributed by atoms with Gasteiger partial charge < -0.3 is 5.32 Å². The second-order valence-electron chi connectivity index (χ2n) is 3.69. The van der Waals surface area contributed by atoms with E-state index in [9.17, 15) is 0 Å². The molecule has 3 rings (SSSR count). The molecular weight excluding hydrogens is 214 g/mol. The predicted octanol–water partition coefficient (Wildman–Crippen LogP) is 2.98. The molecule has 1 nitrogen and oxygen atoms in total. The van der Waals surface area contributed by atoms with E-state index in [-0.39, 0.29) is 0 Å². The minimum atomic E-state index is 0.860. The summed E-state index contributed by atoms with van der Waals surface area (Å²) in [6, 6.07) is 6.48. The quantitative estimate of drug-likeness (QED) is 0.714. The first-order valence-corrected chi connectivity index (χ1v) is 5.18. The molecule has 0 spiro atoms. The maximum Gasteiger partial charge on any atom is 0.0520 e. The molecular formula is C10H10BrN. The van der Waals surface area contributed by atoms with Gasteiger partial charge in [0.05, 0.1) is 5.69 Å². The Labute approximate surface area is 80.3 Å². The molecule has 0 saturated heterocycles. The Bertz CT molecular complexity index is 335. The molecule has 1 aliphatic carbocycles. The third-order valence-corrected chi connectivity index (χ3v) is 3.57. The number of halogens is 1. The molecule has 2 unspecified atom stereocenters. The highest BCUT2D eigenvalue weighted by Crippen LogP contribution is 2.53. The van der Waals surface area contributed by atoms with Crippen molar-refractivity contribution in [2.75, 3.05) is 11.9 Å². The van der Waals surface area contributed by atoms with Crippen LogP contribution in [0, 0.1) is 5.92 Å². The molecule has 12 heavy (non-hydrogen) atoms. The van der Waals surface area contributed by atoms with Gasteiger partial charge in [0.2, 0.25) is 0 Å². The Balaban J connectivity index is 2.18. The van der Waals surface area contributed by atoms with Gasteiger partial charge in [-0.1, -0.05) is 12.1 Å². The van der Waals surface area contributed by atoms with Gasteiger partial charge in [-0.3, -0.25) is 0 Å². The molecule has 0 bridgehead atoms. The molecule has 1 fully saturated rings. The molecule has 1 heterocycles. The highest BCUT2D eigenvalue weighted by Gasteiger charge is 2.42. The summed E-state index contributed by atoms with van der Waals surface area (Å²) in [5.74, 6) is 1.78. The molecule has 1 aromatic rings. The lowest BCUT2D eigenvalue weighted by molar-refractivity contribution is 0.815. The standard InChI is InChI=1S/C10H10BrN/c11-9-3-1-2-7-8-4-6(8)5-12-10(7)9/h1-3,6,8,12H,4-5H2. The molecule has 1 aliphatic heterocycles. The molecule has 62 valence electrons. The fraction of sp³-hybridized carbons (Fsp3) is 0.400. The van der Waals surface area contributed by atoms with E-state index in [1.54, 1.807) is 0 Å². The SMILES string of the molecule is Brc1cccc2c1NCC1CC21. The molecule has 0 amide bonds. The number of hydrogen-bond acceptors (Lipinski definition) is 1. The minimum absolute atomic E-state index is 0.860. The Morgan fingerprint density at radius 1 is 1.42 bits per heavy atom. The molecule has 0 aromatic heterocycles. The van der Waals surface area contributed by atoms with E-state index in [1.165, 1.54) is 28.7 Å². The molecule has 0 radical (unpaired) electrons. The smallest absolute Gasteiger partial charge is 0.0520 e. The van der Waals surface area contributed by atoms with Crippen molar-refractivity contribution in [3.05, 3.63) is 28.2 Å². The summed E-state index contributed by atoms with van der Waals surface area (Å²) in [4.78, 5) is 0. The molecule has 2 atom stereocenters. The zero-order valence-corrected chi connectivity index (χ0v) is 8.26. The van der Waals surface area contributed by atoms with Gasteiger partial charge >= 0.3 is 0 Å². The van der Waals surface area contributed by atoms with E-state index in [0.29, 0.717) is 0 Å². The fourth-order valence-electron chi connectivity index (χ4n) is 2.12. The first-order chi connectivity index (χ1) is 5.86. The monoisotopic (exact) mass is 223 g/mol. The topological polar surface area (TPSA) is 12.0 Å². The van der Waals surface area contributed by atoms with Crippen LogP contribution in [0.25, 0.3) is 0 Å². The summed E-state index contributed by atoms with van der Waals surface area (Å²) in [6.45, 7) is 1.17. The van der Waals surface area contributed by atoms with Crippen LogP contribution in [0.2, 0.25) is 0 Å². The van der Waals surface area contributed by atoms with E-state index < -0.39 is 0 Å². The molecule has 2 aliphatic rings. The van der Waals surface area contributed by atoms with Crippen molar-refractivity contribution in [1.29, 1.82) is 0 Å². The van der Waals surface area contributed by atoms with Crippen LogP contribution in [0.3, 0.4) is 0 Å². The van der Waals surface area contributed by atoms with Crippen molar-refractivity contribution < 1.29 is 0 Å². The van der Waals surface area contributed by atoms with Gasteiger partial charge in [0.25, 0.3) is 0 Å². The van der Waals surface area contributed by atoms with Crippen LogP contribution >= 0.6 is 15.9 Å². The van der Waals surface area contributed by atoms with Crippen LogP contribution < -0.4 is 5.32 Å². The molecule has 1 aromatic carbocycles. The van der Waals surface area contributed by atoms with E-state index in [0.717, 1.165) is 11.8 Å². The minimum Gasteiger partial charge on any atom is -0.384 e. The number of hydrogen-bond donors (Lipinski definition) is 1. The van der Waals surface area contributed by atoms with Gasteiger partial charge in [-0.15, -0.1) is 0 Å². The summed E-state index contributed by atoms with van der Waals surface area (Å²) in [7, 11) is 0. The Morgan fingerprint density at radius 3 is 3.25 bits per heavy atom. The lowest BCUT2D eigenvalue weighted by atomic mass is 10.0. The third-order valence-electron chi connectivity index (χ3n) is 2.91. The molecule has 1 N–H and O–H groups in total. The average Bonchev–Trinajstić information content (AvgIpc) is 2.83. The first kappa shape index (κ1) is 6.96. The second kappa shape index (κ2) is 2.25. The highest BCUT2D eigenvalue weighted by molar-refractivity contribution is 9.10. The maximum atomic E-state index is 3.57. The number of rotatable bonds is 0. The highest BCUT2D eigenvalue weighted by atomic mass is 79.9. The Hall–Kier alpha value is -0.500. The number of anilines is 1. The maximum absolute atomic E-state index is 3.57. The van der Waals surface area contributed by atoms with Crippen molar-refractivity contribution in [3.8, 4) is 0 Å². The van der Waals surface area contributed by atoms with Crippen LogP contribution in [0.15, 0.2) is 22.7 Å². The fourth-order valence-corrected chi connectivity index (χ4v) is 2.65. The van der Waals surface area contributed by atoms with Gasteiger partial charge in [0.15, 0.2) is 0 Å². The lowest BCUT2D eigenvalue weighted by Gasteiger charge is -2.18. The largest absolute Gasteiger partial charge is 0.384 e. The number of para-hydroxylation sites is 1. The van der Waals surface area contributed by atoms with Gasteiger partial charge in [0, 0.05) is 11.0 Å². The van der Waals surface area contributed by atoms with Crippen molar-refractivity contribution in [2.45, 2.75) is 12.3 Å². The van der Waals surface area contributed by atoms with Crippen LogP contribution in [-0.2, 0) is 0 Å². The van der Waals surface area contributed by atoms with Crippen LogP contribution in [0.5, 0.6) is 0 Å². The van der Waals surface area contributed by atoms with E-state index in [2.05, 4.69) is 39.4 Å². The van der Waals surface area contributed by atoms with E-state index in [4.69, 9.17) is 0 Å². The summed E-state index contributed by atoms with van der Waals surface area (Å²) in [5, 5.41) is 3.48. The summed E-state index contributed by atoms with van der Waals surface area (Å²) in [5.41, 5.74) is 2.84. The summed E-state index contributed by atoms with van der Waals surface area (Å²) < 4.78 is 1.21. The Kier molecular flexibility index (Phi) is 1.31. The van der Waals surface area contributed by atoms with Crippen LogP contribution in [0.1, 0.15) is 17.9 Å². The second-order valence-corrected chi connectivity index (χ2v) is 4.54. The van der Waals surface area contributed by atoms with Crippen LogP contribution in [0.4, 0.5) is 5.69 Å². The molecule has 1 saturated carbocycles. The predicted molar refractivity (Wildman–Crippen MR) is 53.5 cm³/mol. The lowest BCUT2D eigenvalue weighted by Crippen LogP contribution is -2.11. The summed E-state index contributed by atoms with van der Waals surface area (Å²) in [6.07, 6.45) is 1.39. The summed E-state index contributed by atoms with van der Waals surface area (Å²) >= 11 is 3.57. The number of fused-ring (bicyclic) bond motifs is 3. The zero-order chi connectivity index (χ0) is 8.13. The van der Waals surface area contributed by atoms with Gasteiger partial charge in [-0.05, 0) is 45.8 Å². The first-order valence-electron chi connectivity index (χ1n) is 4.38. The van der Waals surface area contributed by atoms with Gasteiger partial charge in [-0.25, -0.2) is 0 Å². The van der Waals surface area contributed by atoms with Crippen molar-refractivity contribution in [3.63, 3.8) is 0 Å². The number of nitrogens with one attached hydrogen (secondary N) is 1. The van der Waals surface area contributed by atoms with Crippen molar-refractivity contribution in [2.24, 2.45) is 5.92 Å². The normalized spacial score (nSPS) is 30.1. The van der Waals surface area contributed by atoms with Crippen molar-refractivity contribution >= 4 is 21.6 Å². The van der Waals surface area contributed by atoms with Crippen molar-refractivity contribution in [1.82, 2.24) is 0 Å². The van der Waals surface area contributed by atoms with Gasteiger partial charge in [-0.2, -0.15) is 0 Å². The molecule has 2 heteroatoms. The number of benzene rings is 1. The third kappa shape index (κ3) is 0.845.